The average Bonchev–Trinajstić information content (AvgIpc) is 2.20. The van der Waals surface area contributed by atoms with Gasteiger partial charge in [0.05, 0.1) is 6.04 Å². The van der Waals surface area contributed by atoms with Crippen LogP contribution >= 0.6 is 0 Å². The molecule has 1 atom stereocenters. The Bertz CT molecular complexity index is 349. The van der Waals surface area contributed by atoms with Gasteiger partial charge in [0.1, 0.15) is 5.82 Å². The van der Waals surface area contributed by atoms with Gasteiger partial charge in [0.15, 0.2) is 0 Å². The van der Waals surface area contributed by atoms with E-state index in [1.807, 2.05) is 32.9 Å². The van der Waals surface area contributed by atoms with Gasteiger partial charge in [-0.25, -0.2) is 4.98 Å². The maximum Gasteiger partial charge on any atom is 0.242 e. The number of hydrogen-bond donors (Lipinski definition) is 2. The Morgan fingerprint density at radius 1 is 1.53 bits per heavy atom. The molecule has 0 saturated heterocycles. The molecule has 15 heavy (non-hydrogen) atoms. The molecule has 3 N–H and O–H groups in total. The predicted octanol–water partition coefficient (Wildman–Crippen LogP) is 1.31. The van der Waals surface area contributed by atoms with Crippen LogP contribution in [0.2, 0.25) is 0 Å². The lowest BCUT2D eigenvalue weighted by Gasteiger charge is -2.15. The fraction of sp³-hybridized carbons (Fsp3) is 0.455. The van der Waals surface area contributed by atoms with Crippen LogP contribution in [0.1, 0.15) is 19.4 Å². The van der Waals surface area contributed by atoms with E-state index in [-0.39, 0.29) is 11.8 Å². The number of anilines is 1. The number of aromatic nitrogens is 1. The van der Waals surface area contributed by atoms with Gasteiger partial charge in [0.25, 0.3) is 0 Å². The van der Waals surface area contributed by atoms with E-state index in [9.17, 15) is 4.79 Å². The highest BCUT2D eigenvalue weighted by atomic mass is 16.2. The molecule has 0 aliphatic heterocycles. The van der Waals surface area contributed by atoms with Crippen molar-refractivity contribution in [2.24, 2.45) is 11.7 Å². The largest absolute Gasteiger partial charge is 0.320 e. The van der Waals surface area contributed by atoms with Gasteiger partial charge < -0.3 is 11.1 Å². The summed E-state index contributed by atoms with van der Waals surface area (Å²) in [6.07, 6.45) is 1.64. The van der Waals surface area contributed by atoms with Gasteiger partial charge in [-0.1, -0.05) is 19.9 Å². The molecule has 0 aromatic carbocycles. The Kier molecular flexibility index (Phi) is 3.80. The van der Waals surface area contributed by atoms with Crippen LogP contribution < -0.4 is 11.1 Å². The summed E-state index contributed by atoms with van der Waals surface area (Å²) in [7, 11) is 0. The Morgan fingerprint density at radius 2 is 2.20 bits per heavy atom. The molecule has 0 unspecified atom stereocenters. The molecule has 1 rings (SSSR count). The molecule has 0 radical (unpaired) electrons. The predicted molar refractivity (Wildman–Crippen MR) is 60.4 cm³/mol. The summed E-state index contributed by atoms with van der Waals surface area (Å²) in [4.78, 5) is 15.7. The molecule has 0 spiro atoms. The second-order valence-electron chi connectivity index (χ2n) is 3.93. The Morgan fingerprint density at radius 3 is 2.73 bits per heavy atom. The molecule has 0 aliphatic carbocycles. The van der Waals surface area contributed by atoms with E-state index in [4.69, 9.17) is 5.73 Å². The highest BCUT2D eigenvalue weighted by molar-refractivity contribution is 5.94. The van der Waals surface area contributed by atoms with Gasteiger partial charge in [-0.15, -0.1) is 0 Å². The van der Waals surface area contributed by atoms with Crippen LogP contribution in [0, 0.1) is 12.8 Å². The van der Waals surface area contributed by atoms with E-state index in [1.54, 1.807) is 6.20 Å². The summed E-state index contributed by atoms with van der Waals surface area (Å²) in [6.45, 7) is 5.72. The molecular weight excluding hydrogens is 190 g/mol. The number of nitrogens with zero attached hydrogens (tertiary/aromatic N) is 1. The molecule has 0 bridgehead atoms. The molecule has 1 amide bonds. The third-order valence-electron chi connectivity index (χ3n) is 2.27. The Balaban J connectivity index is 2.71. The van der Waals surface area contributed by atoms with Crippen molar-refractivity contribution < 1.29 is 4.79 Å². The minimum Gasteiger partial charge on any atom is -0.320 e. The van der Waals surface area contributed by atoms with Crippen LogP contribution in [0.4, 0.5) is 5.82 Å². The van der Waals surface area contributed by atoms with E-state index in [2.05, 4.69) is 10.3 Å². The number of rotatable bonds is 3. The first-order valence-electron chi connectivity index (χ1n) is 5.00. The fourth-order valence-corrected chi connectivity index (χ4v) is 1.12. The van der Waals surface area contributed by atoms with Gasteiger partial charge >= 0.3 is 0 Å². The summed E-state index contributed by atoms with van der Waals surface area (Å²) in [5, 5.41) is 2.72. The zero-order valence-corrected chi connectivity index (χ0v) is 9.32. The molecule has 4 nitrogen and oxygen atoms in total. The third kappa shape index (κ3) is 3.02. The van der Waals surface area contributed by atoms with Crippen molar-refractivity contribution in [3.05, 3.63) is 23.9 Å². The molecular formula is C11H17N3O. The lowest BCUT2D eigenvalue weighted by atomic mass is 10.1. The topological polar surface area (TPSA) is 68.0 Å². The van der Waals surface area contributed by atoms with Crippen LogP contribution in [0.5, 0.6) is 0 Å². The number of aryl methyl sites for hydroxylation is 1. The van der Waals surface area contributed by atoms with E-state index in [1.165, 1.54) is 0 Å². The molecule has 4 heteroatoms. The van der Waals surface area contributed by atoms with Crippen molar-refractivity contribution >= 4 is 11.7 Å². The smallest absolute Gasteiger partial charge is 0.242 e. The second kappa shape index (κ2) is 4.89. The fourth-order valence-electron chi connectivity index (χ4n) is 1.12. The van der Waals surface area contributed by atoms with Crippen molar-refractivity contribution in [3.8, 4) is 0 Å². The highest BCUT2D eigenvalue weighted by Crippen LogP contribution is 2.10. The van der Waals surface area contributed by atoms with Crippen molar-refractivity contribution in [1.82, 2.24) is 4.98 Å². The van der Waals surface area contributed by atoms with E-state index in [0.717, 1.165) is 5.56 Å². The van der Waals surface area contributed by atoms with Crippen LogP contribution in [-0.4, -0.2) is 16.9 Å². The lowest BCUT2D eigenvalue weighted by molar-refractivity contribution is -0.118. The third-order valence-corrected chi connectivity index (χ3v) is 2.27. The molecule has 0 aliphatic rings. The Labute approximate surface area is 89.9 Å². The van der Waals surface area contributed by atoms with Gasteiger partial charge in [0.2, 0.25) is 5.91 Å². The number of carbonyl (C=O) groups excluding carboxylic acids is 1. The van der Waals surface area contributed by atoms with Crippen molar-refractivity contribution in [2.45, 2.75) is 26.8 Å². The number of hydrogen-bond acceptors (Lipinski definition) is 3. The summed E-state index contributed by atoms with van der Waals surface area (Å²) >= 11 is 0. The maximum absolute atomic E-state index is 11.6. The molecule has 82 valence electrons. The molecule has 1 aromatic rings. The van der Waals surface area contributed by atoms with Crippen LogP contribution in [-0.2, 0) is 4.79 Å². The molecule has 0 saturated carbocycles. The monoisotopic (exact) mass is 207 g/mol. The second-order valence-corrected chi connectivity index (χ2v) is 3.93. The first kappa shape index (κ1) is 11.7. The van der Waals surface area contributed by atoms with Gasteiger partial charge in [-0.3, -0.25) is 4.79 Å². The first-order chi connectivity index (χ1) is 7.02. The first-order valence-corrected chi connectivity index (χ1v) is 5.00. The van der Waals surface area contributed by atoms with Gasteiger partial charge in [0, 0.05) is 6.20 Å². The zero-order chi connectivity index (χ0) is 11.4. The average molecular weight is 207 g/mol. The minimum atomic E-state index is -0.494. The molecule has 1 aromatic heterocycles. The number of carbonyl (C=O) groups is 1. The summed E-state index contributed by atoms with van der Waals surface area (Å²) in [5.41, 5.74) is 6.65. The lowest BCUT2D eigenvalue weighted by Crippen LogP contribution is -2.40. The van der Waals surface area contributed by atoms with Crippen molar-refractivity contribution in [3.63, 3.8) is 0 Å². The molecule has 1 heterocycles. The van der Waals surface area contributed by atoms with Gasteiger partial charge in [-0.2, -0.15) is 0 Å². The number of nitrogens with one attached hydrogen (secondary N) is 1. The summed E-state index contributed by atoms with van der Waals surface area (Å²) in [6, 6.07) is 3.23. The number of nitrogens with two attached hydrogens (primary N) is 1. The summed E-state index contributed by atoms with van der Waals surface area (Å²) < 4.78 is 0. The number of amides is 1. The normalized spacial score (nSPS) is 12.6. The zero-order valence-electron chi connectivity index (χ0n) is 9.32. The standard InChI is InChI=1S/C11H17N3O/c1-7(2)9(12)11(15)14-10-8(3)5-4-6-13-10/h4-7,9H,12H2,1-3H3,(H,13,14,15)/t9-/m0/s1. The van der Waals surface area contributed by atoms with E-state index < -0.39 is 6.04 Å². The van der Waals surface area contributed by atoms with Crippen LogP contribution in [0.25, 0.3) is 0 Å². The van der Waals surface area contributed by atoms with E-state index >= 15 is 0 Å². The highest BCUT2D eigenvalue weighted by Gasteiger charge is 2.17. The van der Waals surface area contributed by atoms with Gasteiger partial charge in [-0.05, 0) is 24.5 Å². The van der Waals surface area contributed by atoms with Crippen LogP contribution in [0.15, 0.2) is 18.3 Å². The Hall–Kier alpha value is -1.42. The number of pyridine rings is 1. The quantitative estimate of drug-likeness (QED) is 0.785. The van der Waals surface area contributed by atoms with E-state index in [0.29, 0.717) is 5.82 Å². The van der Waals surface area contributed by atoms with Crippen molar-refractivity contribution in [2.75, 3.05) is 5.32 Å². The van der Waals surface area contributed by atoms with Crippen LogP contribution in [0.3, 0.4) is 0 Å². The summed E-state index contributed by atoms with van der Waals surface area (Å²) in [5.74, 6) is 0.513. The molecule has 0 fully saturated rings. The minimum absolute atomic E-state index is 0.119. The van der Waals surface area contributed by atoms with Crippen molar-refractivity contribution in [1.29, 1.82) is 0 Å². The SMILES string of the molecule is Cc1cccnc1NC(=O)[C@@H](N)C(C)C. The maximum atomic E-state index is 11.6.